The lowest BCUT2D eigenvalue weighted by Gasteiger charge is -2.28. The van der Waals surface area contributed by atoms with Crippen LogP contribution in [0.4, 0.5) is 17.1 Å². The maximum atomic E-state index is 12.4. The quantitative estimate of drug-likeness (QED) is 0.347. The standard InChI is InChI=1S/C25H26N4O7/c1-17-25(29(31)32)22(36-27-17)10-4-18-3-9-21(23(15-18)33-2)35-16-24(30)26-19-5-7-20(8-6-19)28-11-13-34-14-12-28/h3-10,15H,11-14,16H2,1-2H3,(H,26,30)/b10-4+. The number of carbonyl (C=O) groups excluding carboxylic acids is 1. The smallest absolute Gasteiger partial charge is 0.338 e. The van der Waals surface area contributed by atoms with Crippen molar-refractivity contribution in [3.63, 3.8) is 0 Å². The van der Waals surface area contributed by atoms with Crippen molar-refractivity contribution < 1.29 is 28.5 Å². The summed E-state index contributed by atoms with van der Waals surface area (Å²) in [6.45, 7) is 4.40. The van der Waals surface area contributed by atoms with E-state index < -0.39 is 4.92 Å². The number of rotatable bonds is 9. The zero-order valence-corrected chi connectivity index (χ0v) is 19.9. The van der Waals surface area contributed by atoms with Crippen molar-refractivity contribution in [1.29, 1.82) is 0 Å². The molecule has 36 heavy (non-hydrogen) atoms. The highest BCUT2D eigenvalue weighted by atomic mass is 16.6. The van der Waals surface area contributed by atoms with Gasteiger partial charge in [0.1, 0.15) is 0 Å². The number of aromatic nitrogens is 1. The van der Waals surface area contributed by atoms with E-state index in [2.05, 4.69) is 15.4 Å². The van der Waals surface area contributed by atoms with Gasteiger partial charge in [-0.05, 0) is 55.0 Å². The van der Waals surface area contributed by atoms with Gasteiger partial charge in [0.2, 0.25) is 5.76 Å². The SMILES string of the molecule is COc1cc(/C=C/c2onc(C)c2[N+](=O)[O-])ccc1OCC(=O)Nc1ccc(N2CCOCC2)cc1. The predicted octanol–water partition coefficient (Wildman–Crippen LogP) is 3.92. The number of hydrogen-bond donors (Lipinski definition) is 1. The van der Waals surface area contributed by atoms with E-state index in [9.17, 15) is 14.9 Å². The van der Waals surface area contributed by atoms with E-state index in [1.54, 1.807) is 24.3 Å². The number of nitro groups is 1. The summed E-state index contributed by atoms with van der Waals surface area (Å²) in [5.41, 5.74) is 2.46. The van der Waals surface area contributed by atoms with Crippen LogP contribution in [0.2, 0.25) is 0 Å². The van der Waals surface area contributed by atoms with Gasteiger partial charge in [0.05, 0.1) is 25.2 Å². The number of amides is 1. The number of nitrogens with zero attached hydrogens (tertiary/aromatic N) is 3. The molecule has 11 nitrogen and oxygen atoms in total. The predicted molar refractivity (Wildman–Crippen MR) is 133 cm³/mol. The van der Waals surface area contributed by atoms with E-state index in [1.165, 1.54) is 20.1 Å². The highest BCUT2D eigenvalue weighted by Gasteiger charge is 2.22. The molecular formula is C25H26N4O7. The van der Waals surface area contributed by atoms with E-state index in [0.717, 1.165) is 18.8 Å². The van der Waals surface area contributed by atoms with Crippen LogP contribution in [0.3, 0.4) is 0 Å². The van der Waals surface area contributed by atoms with Crippen molar-refractivity contribution in [3.8, 4) is 11.5 Å². The molecule has 1 aromatic heterocycles. The minimum absolute atomic E-state index is 0.0476. The number of carbonyl (C=O) groups is 1. The molecule has 2 aromatic carbocycles. The molecule has 0 unspecified atom stereocenters. The fraction of sp³-hybridized carbons (Fsp3) is 0.280. The maximum Gasteiger partial charge on any atom is 0.338 e. The zero-order chi connectivity index (χ0) is 25.5. The number of methoxy groups -OCH3 is 1. The highest BCUT2D eigenvalue weighted by Crippen LogP contribution is 2.30. The van der Waals surface area contributed by atoms with Crippen LogP contribution in [0.25, 0.3) is 12.2 Å². The molecule has 1 saturated heterocycles. The minimum Gasteiger partial charge on any atom is -0.493 e. The largest absolute Gasteiger partial charge is 0.493 e. The molecule has 0 bridgehead atoms. The number of aryl methyl sites for hydroxylation is 1. The fourth-order valence-electron chi connectivity index (χ4n) is 3.71. The summed E-state index contributed by atoms with van der Waals surface area (Å²) in [6, 6.07) is 12.7. The Hall–Kier alpha value is -4.38. The molecule has 0 radical (unpaired) electrons. The molecule has 1 aliphatic rings. The lowest BCUT2D eigenvalue weighted by molar-refractivity contribution is -0.386. The molecule has 3 aromatic rings. The van der Waals surface area contributed by atoms with Gasteiger partial charge < -0.3 is 29.0 Å². The number of hydrogen-bond acceptors (Lipinski definition) is 9. The van der Waals surface area contributed by atoms with Crippen LogP contribution in [0.5, 0.6) is 11.5 Å². The van der Waals surface area contributed by atoms with Crippen LogP contribution >= 0.6 is 0 Å². The van der Waals surface area contributed by atoms with Crippen molar-refractivity contribution in [3.05, 3.63) is 69.6 Å². The first-order valence-electron chi connectivity index (χ1n) is 11.3. The summed E-state index contributed by atoms with van der Waals surface area (Å²) >= 11 is 0. The molecule has 1 fully saturated rings. The summed E-state index contributed by atoms with van der Waals surface area (Å²) in [5.74, 6) is 0.525. The van der Waals surface area contributed by atoms with Crippen LogP contribution in [0, 0.1) is 17.0 Å². The van der Waals surface area contributed by atoms with E-state index >= 15 is 0 Å². The van der Waals surface area contributed by atoms with Gasteiger partial charge in [-0.15, -0.1) is 0 Å². The Balaban J connectivity index is 1.34. The number of nitrogens with one attached hydrogen (secondary N) is 1. The van der Waals surface area contributed by atoms with Crippen molar-refractivity contribution >= 4 is 35.1 Å². The molecule has 1 aliphatic heterocycles. The van der Waals surface area contributed by atoms with Gasteiger partial charge in [0.25, 0.3) is 5.91 Å². The van der Waals surface area contributed by atoms with Gasteiger partial charge in [-0.25, -0.2) is 0 Å². The number of anilines is 2. The molecule has 188 valence electrons. The Bertz CT molecular complexity index is 1250. The first-order chi connectivity index (χ1) is 17.4. The topological polar surface area (TPSA) is 129 Å². The van der Waals surface area contributed by atoms with Gasteiger partial charge in [0.15, 0.2) is 23.8 Å². The molecule has 4 rings (SSSR count). The Morgan fingerprint density at radius 3 is 2.61 bits per heavy atom. The lowest BCUT2D eigenvalue weighted by Crippen LogP contribution is -2.36. The highest BCUT2D eigenvalue weighted by molar-refractivity contribution is 5.92. The summed E-state index contributed by atoms with van der Waals surface area (Å²) in [6.07, 6.45) is 3.09. The second kappa shape index (κ2) is 11.4. The van der Waals surface area contributed by atoms with E-state index in [-0.39, 0.29) is 29.7 Å². The van der Waals surface area contributed by atoms with E-state index in [0.29, 0.717) is 36.0 Å². The molecule has 0 aliphatic carbocycles. The van der Waals surface area contributed by atoms with Crippen LogP contribution in [-0.2, 0) is 9.53 Å². The van der Waals surface area contributed by atoms with Gasteiger partial charge in [-0.3, -0.25) is 14.9 Å². The van der Waals surface area contributed by atoms with Crippen molar-refractivity contribution in [2.24, 2.45) is 0 Å². The first kappa shape index (κ1) is 24.7. The monoisotopic (exact) mass is 494 g/mol. The molecule has 0 spiro atoms. The molecule has 1 N–H and O–H groups in total. The molecule has 0 atom stereocenters. The lowest BCUT2D eigenvalue weighted by atomic mass is 10.1. The molecule has 11 heteroatoms. The van der Waals surface area contributed by atoms with Gasteiger partial charge in [-0.2, -0.15) is 0 Å². The Morgan fingerprint density at radius 2 is 1.92 bits per heavy atom. The normalized spacial score (nSPS) is 13.6. The van der Waals surface area contributed by atoms with Gasteiger partial charge in [-0.1, -0.05) is 17.3 Å². The average molecular weight is 495 g/mol. The molecule has 0 saturated carbocycles. The van der Waals surface area contributed by atoms with Crippen LogP contribution in [0.15, 0.2) is 47.0 Å². The third kappa shape index (κ3) is 5.99. The Labute approximate surface area is 207 Å². The number of morpholine rings is 1. The van der Waals surface area contributed by atoms with Crippen molar-refractivity contribution in [2.45, 2.75) is 6.92 Å². The average Bonchev–Trinajstić information content (AvgIpc) is 3.27. The summed E-state index contributed by atoms with van der Waals surface area (Å²) in [5, 5.41) is 17.6. The second-order valence-electron chi connectivity index (χ2n) is 7.96. The molecule has 2 heterocycles. The van der Waals surface area contributed by atoms with Crippen LogP contribution in [-0.4, -0.2) is 56.0 Å². The zero-order valence-electron chi connectivity index (χ0n) is 19.9. The fourth-order valence-corrected chi connectivity index (χ4v) is 3.71. The first-order valence-corrected chi connectivity index (χ1v) is 11.3. The summed E-state index contributed by atoms with van der Waals surface area (Å²) < 4.78 is 21.4. The minimum atomic E-state index is -0.535. The van der Waals surface area contributed by atoms with Gasteiger partial charge in [0, 0.05) is 24.5 Å². The van der Waals surface area contributed by atoms with E-state index in [4.69, 9.17) is 18.7 Å². The number of benzene rings is 2. The maximum absolute atomic E-state index is 12.4. The van der Waals surface area contributed by atoms with Gasteiger partial charge >= 0.3 is 5.69 Å². The van der Waals surface area contributed by atoms with Crippen LogP contribution in [0.1, 0.15) is 17.0 Å². The summed E-state index contributed by atoms with van der Waals surface area (Å²) in [7, 11) is 1.48. The number of ether oxygens (including phenoxy) is 3. The molecule has 1 amide bonds. The third-order valence-corrected chi connectivity index (χ3v) is 5.54. The molecular weight excluding hydrogens is 468 g/mol. The Morgan fingerprint density at radius 1 is 1.17 bits per heavy atom. The van der Waals surface area contributed by atoms with Crippen molar-refractivity contribution in [2.75, 3.05) is 50.2 Å². The Kier molecular flexibility index (Phi) is 7.81. The summed E-state index contributed by atoms with van der Waals surface area (Å²) in [4.78, 5) is 25.3. The van der Waals surface area contributed by atoms with Crippen molar-refractivity contribution in [1.82, 2.24) is 5.16 Å². The van der Waals surface area contributed by atoms with E-state index in [1.807, 2.05) is 24.3 Å². The third-order valence-electron chi connectivity index (χ3n) is 5.54. The second-order valence-corrected chi connectivity index (χ2v) is 7.96. The van der Waals surface area contributed by atoms with Crippen LogP contribution < -0.4 is 19.7 Å².